The summed E-state index contributed by atoms with van der Waals surface area (Å²) in [7, 11) is 1.84. The fraction of sp³-hybridized carbons (Fsp3) is 0.250. The Hall–Kier alpha value is -3.55. The number of pyridine rings is 1. The maximum Gasteiger partial charge on any atom is 0.255 e. The van der Waals surface area contributed by atoms with Crippen LogP contribution in [0, 0.1) is 0 Å². The highest BCUT2D eigenvalue weighted by atomic mass is 16.2. The van der Waals surface area contributed by atoms with Crippen LogP contribution in [0.15, 0.2) is 36.7 Å². The van der Waals surface area contributed by atoms with E-state index in [1.165, 1.54) is 0 Å². The van der Waals surface area contributed by atoms with E-state index in [0.717, 1.165) is 27.7 Å². The monoisotopic (exact) mass is 375 g/mol. The summed E-state index contributed by atoms with van der Waals surface area (Å²) in [6.07, 6.45) is 4.13. The van der Waals surface area contributed by atoms with Crippen LogP contribution in [0.2, 0.25) is 0 Å². The lowest BCUT2D eigenvalue weighted by molar-refractivity contribution is -0.136. The molecule has 0 saturated carbocycles. The minimum Gasteiger partial charge on any atom is -0.322 e. The minimum atomic E-state index is -0.621. The van der Waals surface area contributed by atoms with Crippen LogP contribution in [-0.2, 0) is 23.2 Å². The molecule has 2 aromatic heterocycles. The van der Waals surface area contributed by atoms with Crippen LogP contribution >= 0.6 is 0 Å². The third kappa shape index (κ3) is 2.41. The number of carbonyl (C=O) groups is 3. The molecule has 1 N–H and O–H groups in total. The van der Waals surface area contributed by atoms with Crippen molar-refractivity contribution in [2.24, 2.45) is 7.05 Å². The standard InChI is InChI=1S/C20H17N5O3/c1-24-18-12(9-22-24)7-11(8-21-18)13-3-2-4-14-15(13)10-25(20(14)28)16-5-6-17(26)23-19(16)27/h2-4,7-9,16H,5-6,10H2,1H3,(H,23,26,27). The summed E-state index contributed by atoms with van der Waals surface area (Å²) in [6.45, 7) is 0.335. The largest absolute Gasteiger partial charge is 0.322 e. The molecule has 2 aliphatic heterocycles. The van der Waals surface area contributed by atoms with E-state index in [-0.39, 0.29) is 18.2 Å². The molecular weight excluding hydrogens is 358 g/mol. The van der Waals surface area contributed by atoms with Crippen molar-refractivity contribution in [3.63, 3.8) is 0 Å². The fourth-order valence-corrected chi connectivity index (χ4v) is 4.05. The molecule has 8 nitrogen and oxygen atoms in total. The average Bonchev–Trinajstić information content (AvgIpc) is 3.22. The normalized spacial score (nSPS) is 19.2. The molecule has 1 saturated heterocycles. The van der Waals surface area contributed by atoms with Gasteiger partial charge in [-0.1, -0.05) is 12.1 Å². The van der Waals surface area contributed by atoms with Crippen molar-refractivity contribution >= 4 is 28.8 Å². The summed E-state index contributed by atoms with van der Waals surface area (Å²) in [5.74, 6) is -0.874. The SMILES string of the molecule is Cn1ncc2cc(-c3cccc4c3CN(C3CCC(=O)NC3=O)C4=O)cnc21. The number of hydrogen-bond acceptors (Lipinski definition) is 5. The van der Waals surface area contributed by atoms with E-state index in [9.17, 15) is 14.4 Å². The van der Waals surface area contributed by atoms with Crippen molar-refractivity contribution in [2.75, 3.05) is 0 Å². The number of nitrogens with one attached hydrogen (secondary N) is 1. The topological polar surface area (TPSA) is 97.2 Å². The third-order valence-electron chi connectivity index (χ3n) is 5.46. The molecule has 1 unspecified atom stereocenters. The predicted molar refractivity (Wildman–Crippen MR) is 100.0 cm³/mol. The molecule has 1 aromatic carbocycles. The van der Waals surface area contributed by atoms with Crippen LogP contribution < -0.4 is 5.32 Å². The Balaban J connectivity index is 1.54. The van der Waals surface area contributed by atoms with E-state index in [4.69, 9.17) is 0 Å². The number of amides is 3. The molecule has 2 aliphatic rings. The van der Waals surface area contributed by atoms with Gasteiger partial charge in [0.05, 0.1) is 6.20 Å². The van der Waals surface area contributed by atoms with Crippen molar-refractivity contribution in [2.45, 2.75) is 25.4 Å². The molecule has 8 heteroatoms. The molecule has 0 bridgehead atoms. The van der Waals surface area contributed by atoms with E-state index in [0.29, 0.717) is 18.5 Å². The van der Waals surface area contributed by atoms with Crippen LogP contribution in [0.5, 0.6) is 0 Å². The number of piperidine rings is 1. The van der Waals surface area contributed by atoms with E-state index in [1.54, 1.807) is 28.0 Å². The van der Waals surface area contributed by atoms with Crippen molar-refractivity contribution in [3.8, 4) is 11.1 Å². The van der Waals surface area contributed by atoms with Crippen LogP contribution in [-0.4, -0.2) is 43.4 Å². The lowest BCUT2D eigenvalue weighted by Crippen LogP contribution is -2.52. The number of benzene rings is 1. The van der Waals surface area contributed by atoms with Gasteiger partial charge in [0, 0.05) is 42.7 Å². The molecule has 3 amide bonds. The summed E-state index contributed by atoms with van der Waals surface area (Å²) in [4.78, 5) is 42.7. The number of fused-ring (bicyclic) bond motifs is 2. The lowest BCUT2D eigenvalue weighted by Gasteiger charge is -2.29. The van der Waals surface area contributed by atoms with Gasteiger partial charge in [0.2, 0.25) is 11.8 Å². The highest BCUT2D eigenvalue weighted by Crippen LogP contribution is 2.35. The second-order valence-electron chi connectivity index (χ2n) is 7.14. The molecule has 0 aliphatic carbocycles. The zero-order chi connectivity index (χ0) is 19.4. The van der Waals surface area contributed by atoms with E-state index in [1.807, 2.05) is 25.2 Å². The van der Waals surface area contributed by atoms with Crippen molar-refractivity contribution in [3.05, 3.63) is 47.8 Å². The van der Waals surface area contributed by atoms with Gasteiger partial charge in [-0.3, -0.25) is 24.4 Å². The maximum atomic E-state index is 13.0. The summed E-state index contributed by atoms with van der Waals surface area (Å²) in [5.41, 5.74) is 4.07. The summed E-state index contributed by atoms with van der Waals surface area (Å²) in [6, 6.07) is 6.96. The summed E-state index contributed by atoms with van der Waals surface area (Å²) in [5, 5.41) is 7.47. The van der Waals surface area contributed by atoms with Crippen LogP contribution in [0.1, 0.15) is 28.8 Å². The molecule has 1 fully saturated rings. The highest BCUT2D eigenvalue weighted by molar-refractivity contribution is 6.06. The molecule has 1 atom stereocenters. The molecule has 140 valence electrons. The van der Waals surface area contributed by atoms with Gasteiger partial charge in [-0.05, 0) is 29.7 Å². The third-order valence-corrected chi connectivity index (χ3v) is 5.46. The quantitative estimate of drug-likeness (QED) is 0.683. The number of aromatic nitrogens is 3. The van der Waals surface area contributed by atoms with Gasteiger partial charge in [-0.2, -0.15) is 5.10 Å². The molecule has 4 heterocycles. The maximum absolute atomic E-state index is 13.0. The molecule has 5 rings (SSSR count). The van der Waals surface area contributed by atoms with Gasteiger partial charge >= 0.3 is 0 Å². The average molecular weight is 375 g/mol. The molecule has 0 spiro atoms. The second kappa shape index (κ2) is 5.98. The molecule has 28 heavy (non-hydrogen) atoms. The predicted octanol–water partition coefficient (Wildman–Crippen LogP) is 1.40. The fourth-order valence-electron chi connectivity index (χ4n) is 4.05. The lowest BCUT2D eigenvalue weighted by atomic mass is 9.97. The van der Waals surface area contributed by atoms with E-state index in [2.05, 4.69) is 15.4 Å². The highest BCUT2D eigenvalue weighted by Gasteiger charge is 2.39. The summed E-state index contributed by atoms with van der Waals surface area (Å²) >= 11 is 0. The van der Waals surface area contributed by atoms with Gasteiger partial charge < -0.3 is 4.90 Å². The number of imide groups is 1. The van der Waals surface area contributed by atoms with Gasteiger partial charge in [0.1, 0.15) is 6.04 Å². The smallest absolute Gasteiger partial charge is 0.255 e. The first-order valence-corrected chi connectivity index (χ1v) is 9.07. The minimum absolute atomic E-state index is 0.179. The Morgan fingerprint density at radius 2 is 1.96 bits per heavy atom. The Morgan fingerprint density at radius 3 is 2.79 bits per heavy atom. The molecule has 3 aromatic rings. The second-order valence-corrected chi connectivity index (χ2v) is 7.14. The summed E-state index contributed by atoms with van der Waals surface area (Å²) < 4.78 is 1.71. The molecular formula is C20H17N5O3. The molecule has 0 radical (unpaired) electrons. The first kappa shape index (κ1) is 16.6. The van der Waals surface area contributed by atoms with Gasteiger partial charge in [-0.15, -0.1) is 0 Å². The first-order valence-electron chi connectivity index (χ1n) is 9.07. The zero-order valence-electron chi connectivity index (χ0n) is 15.2. The van der Waals surface area contributed by atoms with Gasteiger partial charge in [0.25, 0.3) is 5.91 Å². The number of carbonyl (C=O) groups excluding carboxylic acids is 3. The van der Waals surface area contributed by atoms with Crippen LogP contribution in [0.25, 0.3) is 22.2 Å². The van der Waals surface area contributed by atoms with Crippen molar-refractivity contribution < 1.29 is 14.4 Å². The number of aryl methyl sites for hydroxylation is 1. The van der Waals surface area contributed by atoms with Crippen molar-refractivity contribution in [1.82, 2.24) is 25.0 Å². The number of rotatable bonds is 2. The Bertz CT molecular complexity index is 1170. The Kier molecular flexibility index (Phi) is 3.55. The van der Waals surface area contributed by atoms with Gasteiger partial charge in [0.15, 0.2) is 5.65 Å². The Labute approximate surface area is 160 Å². The number of hydrogen-bond donors (Lipinski definition) is 1. The zero-order valence-corrected chi connectivity index (χ0v) is 15.2. The van der Waals surface area contributed by atoms with Crippen LogP contribution in [0.4, 0.5) is 0 Å². The van der Waals surface area contributed by atoms with Crippen LogP contribution in [0.3, 0.4) is 0 Å². The van der Waals surface area contributed by atoms with E-state index < -0.39 is 11.9 Å². The van der Waals surface area contributed by atoms with E-state index >= 15 is 0 Å². The Morgan fingerprint density at radius 1 is 1.14 bits per heavy atom. The van der Waals surface area contributed by atoms with Crippen molar-refractivity contribution in [1.29, 1.82) is 0 Å². The number of nitrogens with zero attached hydrogens (tertiary/aromatic N) is 4. The first-order chi connectivity index (χ1) is 13.5. The van der Waals surface area contributed by atoms with Gasteiger partial charge in [-0.25, -0.2) is 4.98 Å².